The molecule has 0 heterocycles. The Bertz CT molecular complexity index is 172. The van der Waals surface area contributed by atoms with Crippen molar-refractivity contribution in [2.24, 2.45) is 5.92 Å². The van der Waals surface area contributed by atoms with Crippen LogP contribution in [0.1, 0.15) is 57.8 Å². The van der Waals surface area contributed by atoms with E-state index in [4.69, 9.17) is 4.74 Å². The molecule has 0 aromatic heterocycles. The van der Waals surface area contributed by atoms with E-state index in [1.54, 1.807) is 0 Å². The lowest BCUT2D eigenvalue weighted by Gasteiger charge is -2.21. The van der Waals surface area contributed by atoms with E-state index in [9.17, 15) is 0 Å². The minimum absolute atomic E-state index is 0.790. The van der Waals surface area contributed by atoms with Gasteiger partial charge in [0.25, 0.3) is 0 Å². The Morgan fingerprint density at radius 1 is 0.875 bits per heavy atom. The first-order valence-electron chi connectivity index (χ1n) is 7.26. The van der Waals surface area contributed by atoms with Crippen LogP contribution in [0, 0.1) is 5.92 Å². The first-order valence-corrected chi connectivity index (χ1v) is 7.26. The van der Waals surface area contributed by atoms with Crippen LogP contribution in [0.15, 0.2) is 0 Å². The zero-order chi connectivity index (χ0) is 11.1. The van der Waals surface area contributed by atoms with Gasteiger partial charge < -0.3 is 10.1 Å². The molecule has 2 heteroatoms. The molecule has 0 aromatic carbocycles. The van der Waals surface area contributed by atoms with E-state index in [2.05, 4.69) is 5.32 Å². The predicted octanol–water partition coefficient (Wildman–Crippen LogP) is 3.12. The average molecular weight is 225 g/mol. The lowest BCUT2D eigenvalue weighted by atomic mass is 9.90. The zero-order valence-corrected chi connectivity index (χ0v) is 10.5. The summed E-state index contributed by atoms with van der Waals surface area (Å²) in [6, 6.07) is 0.790. The molecule has 0 saturated heterocycles. The third-order valence-corrected chi connectivity index (χ3v) is 4.11. The van der Waals surface area contributed by atoms with E-state index in [1.807, 2.05) is 0 Å². The smallest absolute Gasteiger partial charge is 0.0591 e. The van der Waals surface area contributed by atoms with Crippen molar-refractivity contribution >= 4 is 0 Å². The van der Waals surface area contributed by atoms with Gasteiger partial charge in [-0.1, -0.05) is 32.1 Å². The minimum atomic E-state index is 0.790. The molecule has 0 aliphatic heterocycles. The summed E-state index contributed by atoms with van der Waals surface area (Å²) in [5.74, 6) is 0.861. The first kappa shape index (κ1) is 12.4. The second-order valence-corrected chi connectivity index (χ2v) is 5.51. The molecule has 2 nitrogen and oxygen atoms in total. The van der Waals surface area contributed by atoms with E-state index in [0.29, 0.717) is 0 Å². The Kier molecular flexibility index (Phi) is 5.64. The maximum Gasteiger partial charge on any atom is 0.0591 e. The van der Waals surface area contributed by atoms with Crippen LogP contribution in [0.5, 0.6) is 0 Å². The molecule has 0 atom stereocenters. The summed E-state index contributed by atoms with van der Waals surface area (Å²) in [6.45, 7) is 2.97. The number of hydrogen-bond donors (Lipinski definition) is 1. The molecule has 2 aliphatic carbocycles. The van der Waals surface area contributed by atoms with Crippen molar-refractivity contribution in [3.05, 3.63) is 0 Å². The second kappa shape index (κ2) is 7.29. The Labute approximate surface area is 100 Å². The van der Waals surface area contributed by atoms with Crippen molar-refractivity contribution in [2.45, 2.75) is 63.8 Å². The number of ether oxygens (including phenoxy) is 1. The van der Waals surface area contributed by atoms with Crippen molar-refractivity contribution in [3.63, 3.8) is 0 Å². The van der Waals surface area contributed by atoms with Gasteiger partial charge in [0.05, 0.1) is 6.61 Å². The highest BCUT2D eigenvalue weighted by Crippen LogP contribution is 2.23. The monoisotopic (exact) mass is 225 g/mol. The number of nitrogens with one attached hydrogen (secondary N) is 1. The lowest BCUT2D eigenvalue weighted by Crippen LogP contribution is -2.30. The van der Waals surface area contributed by atoms with Gasteiger partial charge in [-0.2, -0.15) is 0 Å². The van der Waals surface area contributed by atoms with Crippen LogP contribution >= 0.6 is 0 Å². The summed E-state index contributed by atoms with van der Waals surface area (Å²) in [6.07, 6.45) is 12.7. The highest BCUT2D eigenvalue weighted by atomic mass is 16.5. The Morgan fingerprint density at radius 2 is 1.56 bits per heavy atom. The van der Waals surface area contributed by atoms with Crippen molar-refractivity contribution in [2.75, 3.05) is 19.8 Å². The van der Waals surface area contributed by atoms with Crippen LogP contribution in [0.4, 0.5) is 0 Å². The molecule has 94 valence electrons. The molecular weight excluding hydrogens is 198 g/mol. The number of rotatable bonds is 6. The van der Waals surface area contributed by atoms with Gasteiger partial charge in [-0.15, -0.1) is 0 Å². The highest BCUT2D eigenvalue weighted by Gasteiger charge is 2.14. The average Bonchev–Trinajstić information content (AvgIpc) is 2.83. The van der Waals surface area contributed by atoms with Crippen molar-refractivity contribution in [1.82, 2.24) is 5.32 Å². The molecule has 0 spiro atoms. The maximum atomic E-state index is 5.77. The number of hydrogen-bond acceptors (Lipinski definition) is 2. The lowest BCUT2D eigenvalue weighted by molar-refractivity contribution is 0.0857. The fraction of sp³-hybridized carbons (Fsp3) is 1.00. The normalized spacial score (nSPS) is 24.0. The maximum absolute atomic E-state index is 5.77. The van der Waals surface area contributed by atoms with Crippen LogP contribution in [-0.4, -0.2) is 25.8 Å². The van der Waals surface area contributed by atoms with Crippen LogP contribution in [0.3, 0.4) is 0 Å². The quantitative estimate of drug-likeness (QED) is 0.701. The molecule has 0 unspecified atom stereocenters. The fourth-order valence-electron chi connectivity index (χ4n) is 3.07. The van der Waals surface area contributed by atoms with Crippen LogP contribution in [0.25, 0.3) is 0 Å². The van der Waals surface area contributed by atoms with E-state index in [-0.39, 0.29) is 0 Å². The van der Waals surface area contributed by atoms with Gasteiger partial charge in [0, 0.05) is 19.2 Å². The summed E-state index contributed by atoms with van der Waals surface area (Å²) in [7, 11) is 0. The second-order valence-electron chi connectivity index (χ2n) is 5.51. The van der Waals surface area contributed by atoms with E-state index in [1.165, 1.54) is 57.8 Å². The molecule has 0 amide bonds. The minimum Gasteiger partial charge on any atom is -0.380 e. The topological polar surface area (TPSA) is 21.3 Å². The first-order chi connectivity index (χ1) is 7.95. The SMILES string of the molecule is C1CCC(COCCNC2CCCC2)CC1. The van der Waals surface area contributed by atoms with Crippen molar-refractivity contribution < 1.29 is 4.74 Å². The van der Waals surface area contributed by atoms with Gasteiger partial charge in [0.2, 0.25) is 0 Å². The molecule has 2 aliphatic rings. The molecular formula is C14H27NO. The third-order valence-electron chi connectivity index (χ3n) is 4.11. The summed E-state index contributed by atoms with van der Waals surface area (Å²) in [4.78, 5) is 0. The molecule has 1 N–H and O–H groups in total. The predicted molar refractivity (Wildman–Crippen MR) is 67.7 cm³/mol. The fourth-order valence-corrected chi connectivity index (χ4v) is 3.07. The van der Waals surface area contributed by atoms with Gasteiger partial charge in [0.15, 0.2) is 0 Å². The Balaban J connectivity index is 1.42. The highest BCUT2D eigenvalue weighted by molar-refractivity contribution is 4.73. The van der Waals surface area contributed by atoms with E-state index in [0.717, 1.165) is 31.7 Å². The Hall–Kier alpha value is -0.0800. The molecule has 16 heavy (non-hydrogen) atoms. The van der Waals surface area contributed by atoms with E-state index < -0.39 is 0 Å². The molecule has 0 aromatic rings. The van der Waals surface area contributed by atoms with Crippen molar-refractivity contribution in [3.8, 4) is 0 Å². The van der Waals surface area contributed by atoms with Gasteiger partial charge in [-0.05, 0) is 31.6 Å². The van der Waals surface area contributed by atoms with Crippen molar-refractivity contribution in [1.29, 1.82) is 0 Å². The summed E-state index contributed by atoms with van der Waals surface area (Å²) < 4.78 is 5.77. The molecule has 0 radical (unpaired) electrons. The van der Waals surface area contributed by atoms with Gasteiger partial charge in [-0.25, -0.2) is 0 Å². The standard InChI is InChI=1S/C14H27NO/c1-2-6-13(7-3-1)12-16-11-10-15-14-8-4-5-9-14/h13-15H,1-12H2. The van der Waals surface area contributed by atoms with Gasteiger partial charge >= 0.3 is 0 Å². The summed E-state index contributed by atoms with van der Waals surface area (Å²) in [5.41, 5.74) is 0. The third kappa shape index (κ3) is 4.42. The zero-order valence-electron chi connectivity index (χ0n) is 10.5. The van der Waals surface area contributed by atoms with Crippen LogP contribution in [-0.2, 0) is 4.74 Å². The largest absolute Gasteiger partial charge is 0.380 e. The van der Waals surface area contributed by atoms with E-state index >= 15 is 0 Å². The van der Waals surface area contributed by atoms with Gasteiger partial charge in [0.1, 0.15) is 0 Å². The summed E-state index contributed by atoms with van der Waals surface area (Å²) >= 11 is 0. The van der Waals surface area contributed by atoms with Crippen LogP contribution < -0.4 is 5.32 Å². The molecule has 2 fully saturated rings. The summed E-state index contributed by atoms with van der Waals surface area (Å²) in [5, 5.41) is 3.59. The van der Waals surface area contributed by atoms with Crippen LogP contribution in [0.2, 0.25) is 0 Å². The Morgan fingerprint density at radius 3 is 2.31 bits per heavy atom. The molecule has 0 bridgehead atoms. The molecule has 2 rings (SSSR count). The van der Waals surface area contributed by atoms with Gasteiger partial charge in [-0.3, -0.25) is 0 Å². The molecule has 2 saturated carbocycles.